The predicted molar refractivity (Wildman–Crippen MR) is 82.2 cm³/mol. The van der Waals surface area contributed by atoms with E-state index in [0.29, 0.717) is 22.4 Å². The summed E-state index contributed by atoms with van der Waals surface area (Å²) in [4.78, 5) is 14.8. The molecule has 5 heteroatoms. The average Bonchev–Trinajstić information content (AvgIpc) is 3.11. The van der Waals surface area contributed by atoms with E-state index in [-0.39, 0.29) is 5.91 Å². The van der Waals surface area contributed by atoms with Gasteiger partial charge in [-0.15, -0.1) is 11.3 Å². The Hall–Kier alpha value is -1.23. The van der Waals surface area contributed by atoms with Crippen molar-refractivity contribution < 1.29 is 4.79 Å². The Morgan fingerprint density at radius 1 is 1.53 bits per heavy atom. The van der Waals surface area contributed by atoms with Crippen LogP contribution in [0.4, 0.5) is 10.7 Å². The minimum Gasteiger partial charge on any atom is -0.397 e. The highest BCUT2D eigenvalue weighted by molar-refractivity contribution is 7.18. The van der Waals surface area contributed by atoms with Crippen LogP contribution in [-0.4, -0.2) is 26.5 Å². The summed E-state index contributed by atoms with van der Waals surface area (Å²) in [5.74, 6) is 1.07. The number of thiophene rings is 1. The van der Waals surface area contributed by atoms with Crippen molar-refractivity contribution in [3.63, 3.8) is 0 Å². The molecule has 1 aromatic rings. The monoisotopic (exact) mass is 281 g/mol. The third kappa shape index (κ3) is 2.86. The van der Waals surface area contributed by atoms with Crippen LogP contribution in [-0.2, 0) is 0 Å². The number of hydrogen-bond donors (Lipinski definition) is 2. The third-order valence-corrected chi connectivity index (χ3v) is 4.70. The zero-order valence-electron chi connectivity index (χ0n) is 12.1. The first-order valence-corrected chi connectivity index (χ1v) is 7.62. The second-order valence-electron chi connectivity index (χ2n) is 5.69. The first-order chi connectivity index (χ1) is 8.95. The van der Waals surface area contributed by atoms with E-state index in [1.54, 1.807) is 7.05 Å². The highest BCUT2D eigenvalue weighted by Crippen LogP contribution is 2.51. The fourth-order valence-electron chi connectivity index (χ4n) is 2.41. The summed E-state index contributed by atoms with van der Waals surface area (Å²) in [5.41, 5.74) is 8.11. The Morgan fingerprint density at radius 3 is 2.63 bits per heavy atom. The van der Waals surface area contributed by atoms with E-state index < -0.39 is 0 Å². The smallest absolute Gasteiger partial charge is 0.263 e. The number of hydrogen-bond acceptors (Lipinski definition) is 4. The van der Waals surface area contributed by atoms with Crippen LogP contribution >= 0.6 is 11.3 Å². The van der Waals surface area contributed by atoms with Crippen molar-refractivity contribution in [2.45, 2.75) is 32.6 Å². The maximum absolute atomic E-state index is 11.9. The number of anilines is 2. The van der Waals surface area contributed by atoms with Crippen LogP contribution in [0.5, 0.6) is 0 Å². The lowest BCUT2D eigenvalue weighted by Crippen LogP contribution is -2.22. The van der Waals surface area contributed by atoms with E-state index in [2.05, 4.69) is 31.1 Å². The normalized spacial score (nSPS) is 14.8. The SMILES string of the molecule is CNC(=O)c1sc(N(C)CC(C)C)c(C2CC2)c1N. The van der Waals surface area contributed by atoms with Gasteiger partial charge in [0.25, 0.3) is 5.91 Å². The molecule has 19 heavy (non-hydrogen) atoms. The first-order valence-electron chi connectivity index (χ1n) is 6.81. The molecule has 3 N–H and O–H groups in total. The predicted octanol–water partition coefficient (Wildman–Crippen LogP) is 2.66. The van der Waals surface area contributed by atoms with Gasteiger partial charge in [-0.3, -0.25) is 4.79 Å². The second kappa shape index (κ2) is 5.41. The van der Waals surface area contributed by atoms with Crippen molar-refractivity contribution in [3.05, 3.63) is 10.4 Å². The van der Waals surface area contributed by atoms with Gasteiger partial charge in [-0.25, -0.2) is 0 Å². The minimum atomic E-state index is -0.0754. The molecule has 4 nitrogen and oxygen atoms in total. The van der Waals surface area contributed by atoms with E-state index in [9.17, 15) is 4.79 Å². The molecule has 1 aromatic heterocycles. The van der Waals surface area contributed by atoms with Crippen LogP contribution in [0, 0.1) is 5.92 Å². The molecule has 1 fully saturated rings. The molecule has 0 spiro atoms. The van der Waals surface area contributed by atoms with Gasteiger partial charge in [-0.05, 0) is 24.7 Å². The average molecular weight is 281 g/mol. The largest absolute Gasteiger partial charge is 0.397 e. The summed E-state index contributed by atoms with van der Waals surface area (Å²) in [5, 5.41) is 3.85. The van der Waals surface area contributed by atoms with Crippen LogP contribution in [0.1, 0.15) is 47.8 Å². The van der Waals surface area contributed by atoms with Gasteiger partial charge in [0, 0.05) is 26.2 Å². The summed E-state index contributed by atoms with van der Waals surface area (Å²) in [6, 6.07) is 0. The van der Waals surface area contributed by atoms with Gasteiger partial charge in [0.05, 0.1) is 10.7 Å². The molecule has 0 aromatic carbocycles. The number of nitrogens with zero attached hydrogens (tertiary/aromatic N) is 1. The van der Waals surface area contributed by atoms with E-state index in [1.165, 1.54) is 34.7 Å². The number of nitrogens with two attached hydrogens (primary N) is 1. The van der Waals surface area contributed by atoms with Crippen molar-refractivity contribution in [1.29, 1.82) is 0 Å². The molecule has 1 aliphatic carbocycles. The van der Waals surface area contributed by atoms with Crippen molar-refractivity contribution in [2.24, 2.45) is 5.92 Å². The molecule has 106 valence electrons. The fraction of sp³-hybridized carbons (Fsp3) is 0.643. The second-order valence-corrected chi connectivity index (χ2v) is 6.69. The van der Waals surface area contributed by atoms with Gasteiger partial charge < -0.3 is 16.0 Å². The molecule has 0 atom stereocenters. The standard InChI is InChI=1S/C14H23N3OS/c1-8(2)7-17(4)14-10(9-5-6-9)11(15)12(19-14)13(18)16-3/h8-9H,5-7,15H2,1-4H3,(H,16,18). The van der Waals surface area contributed by atoms with Crippen LogP contribution in [0.25, 0.3) is 0 Å². The number of nitrogens with one attached hydrogen (secondary N) is 1. The Bertz CT molecular complexity index is 477. The van der Waals surface area contributed by atoms with E-state index in [1.807, 2.05) is 0 Å². The maximum atomic E-state index is 11.9. The van der Waals surface area contributed by atoms with Crippen molar-refractivity contribution in [1.82, 2.24) is 5.32 Å². The highest BCUT2D eigenvalue weighted by Gasteiger charge is 2.33. The Labute approximate surface area is 119 Å². The fourth-order valence-corrected chi connectivity index (χ4v) is 3.63. The quantitative estimate of drug-likeness (QED) is 0.872. The number of carbonyl (C=O) groups is 1. The molecule has 0 radical (unpaired) electrons. The Balaban J connectivity index is 2.38. The van der Waals surface area contributed by atoms with Gasteiger partial charge in [-0.2, -0.15) is 0 Å². The Morgan fingerprint density at radius 2 is 2.16 bits per heavy atom. The summed E-state index contributed by atoms with van der Waals surface area (Å²) in [6.07, 6.45) is 2.38. The lowest BCUT2D eigenvalue weighted by molar-refractivity contribution is 0.0968. The van der Waals surface area contributed by atoms with Gasteiger partial charge in [0.15, 0.2) is 0 Å². The molecule has 1 heterocycles. The summed E-state index contributed by atoms with van der Waals surface area (Å²) >= 11 is 1.53. The first kappa shape index (κ1) is 14.2. The number of rotatable bonds is 5. The maximum Gasteiger partial charge on any atom is 0.263 e. The highest BCUT2D eigenvalue weighted by atomic mass is 32.1. The Kier molecular flexibility index (Phi) is 4.04. The minimum absolute atomic E-state index is 0.0754. The molecule has 1 amide bonds. The van der Waals surface area contributed by atoms with Crippen molar-refractivity contribution in [3.8, 4) is 0 Å². The lowest BCUT2D eigenvalue weighted by Gasteiger charge is -2.21. The molecular weight excluding hydrogens is 258 g/mol. The molecule has 0 unspecified atom stereocenters. The molecule has 0 saturated heterocycles. The lowest BCUT2D eigenvalue weighted by atomic mass is 10.1. The molecular formula is C14H23N3OS. The molecule has 1 aliphatic rings. The van der Waals surface area contributed by atoms with Gasteiger partial charge in [0.2, 0.25) is 0 Å². The van der Waals surface area contributed by atoms with E-state index in [0.717, 1.165) is 6.54 Å². The van der Waals surface area contributed by atoms with Crippen molar-refractivity contribution in [2.75, 3.05) is 31.3 Å². The molecule has 0 aliphatic heterocycles. The molecule has 0 bridgehead atoms. The van der Waals surface area contributed by atoms with Gasteiger partial charge in [0.1, 0.15) is 4.88 Å². The number of carbonyl (C=O) groups excluding carboxylic acids is 1. The number of nitrogen functional groups attached to an aromatic ring is 1. The van der Waals surface area contributed by atoms with Gasteiger partial charge in [-0.1, -0.05) is 13.8 Å². The van der Waals surface area contributed by atoms with Crippen LogP contribution in [0.3, 0.4) is 0 Å². The summed E-state index contributed by atoms with van der Waals surface area (Å²) < 4.78 is 0. The van der Waals surface area contributed by atoms with Crippen LogP contribution in [0.2, 0.25) is 0 Å². The van der Waals surface area contributed by atoms with E-state index in [4.69, 9.17) is 5.73 Å². The summed E-state index contributed by atoms with van der Waals surface area (Å²) in [7, 11) is 3.74. The summed E-state index contributed by atoms with van der Waals surface area (Å²) in [6.45, 7) is 5.38. The number of amides is 1. The zero-order chi connectivity index (χ0) is 14.2. The molecule has 1 saturated carbocycles. The van der Waals surface area contributed by atoms with Crippen molar-refractivity contribution >= 4 is 27.9 Å². The van der Waals surface area contributed by atoms with E-state index >= 15 is 0 Å². The molecule has 2 rings (SSSR count). The van der Waals surface area contributed by atoms with Gasteiger partial charge >= 0.3 is 0 Å². The zero-order valence-corrected chi connectivity index (χ0v) is 12.9. The van der Waals surface area contributed by atoms with Crippen LogP contribution < -0.4 is 16.0 Å². The third-order valence-electron chi connectivity index (χ3n) is 3.37. The van der Waals surface area contributed by atoms with Crippen LogP contribution in [0.15, 0.2) is 0 Å². The topological polar surface area (TPSA) is 58.4 Å².